The van der Waals surface area contributed by atoms with Crippen LogP contribution in [0.15, 0.2) is 48.5 Å². The average molecular weight is 287 g/mol. The molecule has 2 aromatic carbocycles. The highest BCUT2D eigenvalue weighted by Crippen LogP contribution is 2.24. The molecule has 0 aliphatic rings. The lowest BCUT2D eigenvalue weighted by atomic mass is 10.1. The molecule has 0 unspecified atom stereocenters. The number of nitrogens with zero attached hydrogens (tertiary/aromatic N) is 1. The Morgan fingerprint density at radius 1 is 0.900 bits per heavy atom. The van der Waals surface area contributed by atoms with Crippen molar-refractivity contribution in [3.8, 4) is 11.5 Å². The zero-order chi connectivity index (χ0) is 14.7. The number of phenolic OH excluding ortho intramolecular Hbond substituents is 2. The first-order chi connectivity index (χ1) is 9.49. The third kappa shape index (κ3) is 3.08. The van der Waals surface area contributed by atoms with Crippen molar-refractivity contribution in [1.82, 2.24) is 0 Å². The SMILES string of the molecule is CC(C)N(C(=S)c1ccc(O)cc1)c1ccc(O)cc1. The molecule has 4 heteroatoms. The van der Waals surface area contributed by atoms with Crippen molar-refractivity contribution < 1.29 is 10.2 Å². The third-order valence-corrected chi connectivity index (χ3v) is 3.41. The van der Waals surface area contributed by atoms with E-state index in [-0.39, 0.29) is 17.5 Å². The molecule has 3 nitrogen and oxygen atoms in total. The van der Waals surface area contributed by atoms with Crippen molar-refractivity contribution in [3.05, 3.63) is 54.1 Å². The molecule has 0 aromatic heterocycles. The summed E-state index contributed by atoms with van der Waals surface area (Å²) in [6, 6.07) is 14.0. The molecule has 104 valence electrons. The number of aromatic hydroxyl groups is 2. The summed E-state index contributed by atoms with van der Waals surface area (Å²) in [6.45, 7) is 4.11. The second kappa shape index (κ2) is 5.92. The van der Waals surface area contributed by atoms with E-state index in [0.717, 1.165) is 11.3 Å². The molecular formula is C16H17NO2S. The van der Waals surface area contributed by atoms with Crippen molar-refractivity contribution in [3.63, 3.8) is 0 Å². The van der Waals surface area contributed by atoms with Gasteiger partial charge in [-0.3, -0.25) is 0 Å². The Kier molecular flexibility index (Phi) is 4.25. The van der Waals surface area contributed by atoms with E-state index in [1.807, 2.05) is 17.0 Å². The molecule has 2 aromatic rings. The number of hydrogen-bond acceptors (Lipinski definition) is 3. The molecular weight excluding hydrogens is 270 g/mol. The molecule has 2 N–H and O–H groups in total. The second-order valence-corrected chi connectivity index (χ2v) is 5.22. The fourth-order valence-corrected chi connectivity index (χ4v) is 2.46. The van der Waals surface area contributed by atoms with E-state index < -0.39 is 0 Å². The summed E-state index contributed by atoms with van der Waals surface area (Å²) in [5, 5.41) is 18.7. The molecule has 0 atom stereocenters. The zero-order valence-electron chi connectivity index (χ0n) is 11.4. The van der Waals surface area contributed by atoms with E-state index in [1.54, 1.807) is 36.4 Å². The molecule has 2 rings (SSSR count). The van der Waals surface area contributed by atoms with Crippen molar-refractivity contribution in [2.24, 2.45) is 0 Å². The Labute approximate surface area is 124 Å². The molecule has 0 radical (unpaired) electrons. The number of phenols is 2. The lowest BCUT2D eigenvalue weighted by molar-refractivity contribution is 0.474. The van der Waals surface area contributed by atoms with Gasteiger partial charge in [-0.25, -0.2) is 0 Å². The number of benzene rings is 2. The van der Waals surface area contributed by atoms with Crippen LogP contribution in [0.4, 0.5) is 5.69 Å². The summed E-state index contributed by atoms with van der Waals surface area (Å²) in [4.78, 5) is 2.70. The van der Waals surface area contributed by atoms with Crippen LogP contribution in [-0.2, 0) is 0 Å². The van der Waals surface area contributed by atoms with Gasteiger partial charge in [-0.1, -0.05) is 12.2 Å². The number of hydrogen-bond donors (Lipinski definition) is 2. The highest BCUT2D eigenvalue weighted by atomic mass is 32.1. The predicted octanol–water partition coefficient (Wildman–Crippen LogP) is 3.69. The summed E-state index contributed by atoms with van der Waals surface area (Å²) in [5.41, 5.74) is 1.80. The fraction of sp³-hybridized carbons (Fsp3) is 0.188. The van der Waals surface area contributed by atoms with Crippen LogP contribution in [0.1, 0.15) is 19.4 Å². The molecule has 0 saturated heterocycles. The first-order valence-corrected chi connectivity index (χ1v) is 6.81. The van der Waals surface area contributed by atoms with Gasteiger partial charge in [0.25, 0.3) is 0 Å². The topological polar surface area (TPSA) is 43.7 Å². The molecule has 0 saturated carbocycles. The number of thiocarbonyl (C=S) groups is 1. The van der Waals surface area contributed by atoms with Crippen LogP contribution in [-0.4, -0.2) is 21.2 Å². The van der Waals surface area contributed by atoms with Crippen molar-refractivity contribution >= 4 is 22.9 Å². The molecule has 0 aliphatic carbocycles. The Morgan fingerprint density at radius 2 is 1.35 bits per heavy atom. The maximum Gasteiger partial charge on any atom is 0.115 e. The predicted molar refractivity (Wildman–Crippen MR) is 85.5 cm³/mol. The minimum absolute atomic E-state index is 0.181. The van der Waals surface area contributed by atoms with Crippen LogP contribution in [0, 0.1) is 0 Å². The van der Waals surface area contributed by atoms with Gasteiger partial charge in [-0.15, -0.1) is 0 Å². The minimum Gasteiger partial charge on any atom is -0.508 e. The van der Waals surface area contributed by atoms with Gasteiger partial charge >= 0.3 is 0 Å². The molecule has 0 spiro atoms. The molecule has 0 bridgehead atoms. The Bertz CT molecular complexity index is 591. The fourth-order valence-electron chi connectivity index (χ4n) is 2.01. The van der Waals surface area contributed by atoms with E-state index in [4.69, 9.17) is 12.2 Å². The minimum atomic E-state index is 0.181. The monoisotopic (exact) mass is 287 g/mol. The van der Waals surface area contributed by atoms with Gasteiger partial charge in [0.15, 0.2) is 0 Å². The van der Waals surface area contributed by atoms with Gasteiger partial charge in [0, 0.05) is 17.3 Å². The second-order valence-electron chi connectivity index (χ2n) is 4.83. The van der Waals surface area contributed by atoms with Gasteiger partial charge in [0.2, 0.25) is 0 Å². The summed E-state index contributed by atoms with van der Waals surface area (Å²) in [7, 11) is 0. The van der Waals surface area contributed by atoms with Crippen LogP contribution in [0.3, 0.4) is 0 Å². The normalized spacial score (nSPS) is 10.6. The van der Waals surface area contributed by atoms with Crippen molar-refractivity contribution in [2.75, 3.05) is 4.90 Å². The van der Waals surface area contributed by atoms with Crippen molar-refractivity contribution in [2.45, 2.75) is 19.9 Å². The van der Waals surface area contributed by atoms with Crippen LogP contribution >= 0.6 is 12.2 Å². The van der Waals surface area contributed by atoms with E-state index in [9.17, 15) is 10.2 Å². The van der Waals surface area contributed by atoms with Crippen molar-refractivity contribution in [1.29, 1.82) is 0 Å². The summed E-state index contributed by atoms with van der Waals surface area (Å²) < 4.78 is 0. The standard InChI is InChI=1S/C16H17NO2S/c1-11(2)17(13-5-9-15(19)10-6-13)16(20)12-3-7-14(18)8-4-12/h3-11,18-19H,1-2H3. The quantitative estimate of drug-likeness (QED) is 0.845. The van der Waals surface area contributed by atoms with Crippen LogP contribution in [0.2, 0.25) is 0 Å². The van der Waals surface area contributed by atoms with E-state index in [2.05, 4.69) is 13.8 Å². The van der Waals surface area contributed by atoms with Crippen LogP contribution in [0.25, 0.3) is 0 Å². The Hall–Kier alpha value is -2.07. The van der Waals surface area contributed by atoms with Gasteiger partial charge in [0.05, 0.1) is 0 Å². The third-order valence-electron chi connectivity index (χ3n) is 2.98. The molecule has 0 aliphatic heterocycles. The zero-order valence-corrected chi connectivity index (χ0v) is 12.3. The summed E-state index contributed by atoms with van der Waals surface area (Å²) in [6.07, 6.45) is 0. The lowest BCUT2D eigenvalue weighted by Gasteiger charge is -2.29. The molecule has 0 fully saturated rings. The number of rotatable bonds is 3. The van der Waals surface area contributed by atoms with Gasteiger partial charge < -0.3 is 15.1 Å². The van der Waals surface area contributed by atoms with E-state index >= 15 is 0 Å². The van der Waals surface area contributed by atoms with Gasteiger partial charge in [-0.05, 0) is 62.4 Å². The average Bonchev–Trinajstić information content (AvgIpc) is 2.41. The molecule has 20 heavy (non-hydrogen) atoms. The van der Waals surface area contributed by atoms with E-state index in [1.165, 1.54) is 0 Å². The first kappa shape index (κ1) is 14.3. The lowest BCUT2D eigenvalue weighted by Crippen LogP contribution is -2.36. The van der Waals surface area contributed by atoms with Crippen LogP contribution < -0.4 is 4.90 Å². The highest BCUT2D eigenvalue weighted by molar-refractivity contribution is 7.81. The van der Waals surface area contributed by atoms with E-state index in [0.29, 0.717) is 4.99 Å². The van der Waals surface area contributed by atoms with Crippen LogP contribution in [0.5, 0.6) is 11.5 Å². The largest absolute Gasteiger partial charge is 0.508 e. The van der Waals surface area contributed by atoms with Gasteiger partial charge in [0.1, 0.15) is 16.5 Å². The molecule has 0 heterocycles. The Balaban J connectivity index is 2.35. The maximum atomic E-state index is 9.38. The highest BCUT2D eigenvalue weighted by Gasteiger charge is 2.17. The Morgan fingerprint density at radius 3 is 1.80 bits per heavy atom. The summed E-state index contributed by atoms with van der Waals surface area (Å²) in [5.74, 6) is 0.449. The first-order valence-electron chi connectivity index (χ1n) is 6.40. The number of anilines is 1. The van der Waals surface area contributed by atoms with Gasteiger partial charge in [-0.2, -0.15) is 0 Å². The molecule has 0 amide bonds. The maximum absolute atomic E-state index is 9.38. The smallest absolute Gasteiger partial charge is 0.115 e. The summed E-state index contributed by atoms with van der Waals surface area (Å²) >= 11 is 5.56.